The first-order valence-corrected chi connectivity index (χ1v) is 10.2. The van der Waals surface area contributed by atoms with Gasteiger partial charge in [-0.1, -0.05) is 34.8 Å². The van der Waals surface area contributed by atoms with Gasteiger partial charge in [-0.05, 0) is 49.1 Å². The number of hydrogen-bond acceptors (Lipinski definition) is 4. The Labute approximate surface area is 160 Å². The number of nitrogens with zero attached hydrogens (tertiary/aromatic N) is 3. The molecule has 0 spiro atoms. The van der Waals surface area contributed by atoms with Crippen molar-refractivity contribution in [2.75, 3.05) is 13.7 Å². The quantitative estimate of drug-likeness (QED) is 0.418. The minimum Gasteiger partial charge on any atom is -0.306 e. The Hall–Kier alpha value is -2.48. The standard InChI is InChI=1S/C20H23N3O3S/c1-26-23(27(24,25)20-8-3-2-4-9-20)15-6-5-7-18-10-12-19(13-11-18)22-16-14-21-17-22/h2-4,8-14,16-17H,5-7,15H2,1H3. The number of rotatable bonds is 9. The van der Waals surface area contributed by atoms with Gasteiger partial charge in [0.1, 0.15) is 0 Å². The van der Waals surface area contributed by atoms with E-state index in [0.29, 0.717) is 13.0 Å². The lowest BCUT2D eigenvalue weighted by atomic mass is 10.1. The van der Waals surface area contributed by atoms with Crippen LogP contribution in [0.3, 0.4) is 0 Å². The molecule has 0 unspecified atom stereocenters. The van der Waals surface area contributed by atoms with E-state index in [4.69, 9.17) is 4.84 Å². The summed E-state index contributed by atoms with van der Waals surface area (Å²) in [6, 6.07) is 16.6. The molecule has 0 aliphatic rings. The van der Waals surface area contributed by atoms with E-state index in [-0.39, 0.29) is 4.90 Å². The van der Waals surface area contributed by atoms with E-state index in [1.54, 1.807) is 42.9 Å². The first-order valence-electron chi connectivity index (χ1n) is 8.80. The minimum absolute atomic E-state index is 0.238. The van der Waals surface area contributed by atoms with Crippen LogP contribution < -0.4 is 0 Å². The first kappa shape index (κ1) is 19.3. The Morgan fingerprint density at radius 2 is 1.78 bits per heavy atom. The largest absolute Gasteiger partial charge is 0.306 e. The van der Waals surface area contributed by atoms with Crippen molar-refractivity contribution in [2.24, 2.45) is 0 Å². The van der Waals surface area contributed by atoms with Crippen LogP contribution in [-0.4, -0.2) is 36.1 Å². The maximum atomic E-state index is 12.6. The van der Waals surface area contributed by atoms with E-state index < -0.39 is 10.0 Å². The molecule has 0 amide bonds. The Morgan fingerprint density at radius 1 is 1.04 bits per heavy atom. The highest BCUT2D eigenvalue weighted by atomic mass is 32.2. The number of hydrogen-bond donors (Lipinski definition) is 0. The predicted molar refractivity (Wildman–Crippen MR) is 104 cm³/mol. The molecule has 1 heterocycles. The Balaban J connectivity index is 1.51. The van der Waals surface area contributed by atoms with Crippen LogP contribution >= 0.6 is 0 Å². The average molecular weight is 385 g/mol. The molecule has 27 heavy (non-hydrogen) atoms. The molecule has 3 aromatic rings. The van der Waals surface area contributed by atoms with Gasteiger partial charge in [0.05, 0.1) is 18.3 Å². The molecule has 0 fully saturated rings. The molecule has 1 aromatic heterocycles. The summed E-state index contributed by atoms with van der Waals surface area (Å²) in [6.07, 6.45) is 7.88. The van der Waals surface area contributed by atoms with Crippen LogP contribution in [-0.2, 0) is 21.3 Å². The van der Waals surface area contributed by atoms with Gasteiger partial charge in [0.2, 0.25) is 0 Å². The number of sulfonamides is 1. The lowest BCUT2D eigenvalue weighted by molar-refractivity contribution is -0.0493. The number of hydroxylamine groups is 1. The van der Waals surface area contributed by atoms with E-state index >= 15 is 0 Å². The molecule has 0 aliphatic carbocycles. The normalized spacial score (nSPS) is 11.8. The van der Waals surface area contributed by atoms with Gasteiger partial charge in [0.15, 0.2) is 0 Å². The van der Waals surface area contributed by atoms with Gasteiger partial charge in [0, 0.05) is 24.6 Å². The van der Waals surface area contributed by atoms with Gasteiger partial charge in [-0.15, -0.1) is 0 Å². The van der Waals surface area contributed by atoms with Crippen LogP contribution in [0.1, 0.15) is 18.4 Å². The summed E-state index contributed by atoms with van der Waals surface area (Å²) in [4.78, 5) is 9.40. The molecule has 2 aromatic carbocycles. The second-order valence-electron chi connectivity index (χ2n) is 6.12. The van der Waals surface area contributed by atoms with E-state index in [0.717, 1.165) is 23.0 Å². The second kappa shape index (κ2) is 8.94. The zero-order chi connectivity index (χ0) is 19.1. The van der Waals surface area contributed by atoms with Crippen molar-refractivity contribution >= 4 is 10.0 Å². The van der Waals surface area contributed by atoms with Gasteiger partial charge < -0.3 is 4.57 Å². The van der Waals surface area contributed by atoms with Crippen molar-refractivity contribution < 1.29 is 13.3 Å². The molecule has 0 bridgehead atoms. The molecule has 0 saturated heterocycles. The summed E-state index contributed by atoms with van der Waals surface area (Å²) in [7, 11) is -2.24. The Kier molecular flexibility index (Phi) is 6.39. The number of benzene rings is 2. The zero-order valence-corrected chi connectivity index (χ0v) is 16.0. The highest BCUT2D eigenvalue weighted by Crippen LogP contribution is 2.17. The van der Waals surface area contributed by atoms with Crippen molar-refractivity contribution in [3.8, 4) is 5.69 Å². The molecule has 6 nitrogen and oxygen atoms in total. The van der Waals surface area contributed by atoms with E-state index in [1.165, 1.54) is 12.7 Å². The molecule has 0 atom stereocenters. The lowest BCUT2D eigenvalue weighted by Gasteiger charge is -2.19. The summed E-state index contributed by atoms with van der Waals surface area (Å²) >= 11 is 0. The summed E-state index contributed by atoms with van der Waals surface area (Å²) in [5, 5.41) is 0. The minimum atomic E-state index is -3.62. The van der Waals surface area contributed by atoms with Crippen molar-refractivity contribution in [2.45, 2.75) is 24.2 Å². The first-order chi connectivity index (χ1) is 13.1. The molecule has 3 rings (SSSR count). The maximum absolute atomic E-state index is 12.6. The van der Waals surface area contributed by atoms with Crippen molar-refractivity contribution in [3.05, 3.63) is 78.9 Å². The van der Waals surface area contributed by atoms with E-state index in [1.807, 2.05) is 10.8 Å². The third kappa shape index (κ3) is 4.82. The molecule has 0 N–H and O–H groups in total. The van der Waals surface area contributed by atoms with Gasteiger partial charge >= 0.3 is 0 Å². The summed E-state index contributed by atoms with van der Waals surface area (Å²) < 4.78 is 28.2. The van der Waals surface area contributed by atoms with Crippen LogP contribution in [0.15, 0.2) is 78.2 Å². The number of unbranched alkanes of at least 4 members (excludes halogenated alkanes) is 1. The van der Waals surface area contributed by atoms with Gasteiger partial charge in [0.25, 0.3) is 10.0 Å². The van der Waals surface area contributed by atoms with E-state index in [9.17, 15) is 8.42 Å². The smallest absolute Gasteiger partial charge is 0.264 e. The number of imidazole rings is 1. The summed E-state index contributed by atoms with van der Waals surface area (Å²) in [5.74, 6) is 0. The predicted octanol–water partition coefficient (Wildman–Crippen LogP) is 3.45. The molecule has 7 heteroatoms. The Bertz CT molecular complexity index is 924. The van der Waals surface area contributed by atoms with Crippen molar-refractivity contribution in [1.82, 2.24) is 14.0 Å². The molecule has 142 valence electrons. The third-order valence-corrected chi connectivity index (χ3v) is 6.04. The Morgan fingerprint density at radius 3 is 2.41 bits per heavy atom. The van der Waals surface area contributed by atoms with Gasteiger partial charge in [-0.3, -0.25) is 4.84 Å². The van der Waals surface area contributed by atoms with Crippen molar-refractivity contribution in [1.29, 1.82) is 0 Å². The molecule has 0 aliphatic heterocycles. The lowest BCUT2D eigenvalue weighted by Crippen LogP contribution is -2.31. The molecule has 0 radical (unpaired) electrons. The molecular weight excluding hydrogens is 362 g/mol. The fraction of sp³-hybridized carbons (Fsp3) is 0.250. The highest BCUT2D eigenvalue weighted by molar-refractivity contribution is 7.89. The average Bonchev–Trinajstić information content (AvgIpc) is 3.24. The monoisotopic (exact) mass is 385 g/mol. The van der Waals surface area contributed by atoms with E-state index in [2.05, 4.69) is 29.2 Å². The zero-order valence-electron chi connectivity index (χ0n) is 15.2. The maximum Gasteiger partial charge on any atom is 0.264 e. The summed E-state index contributed by atoms with van der Waals surface area (Å²) in [6.45, 7) is 0.320. The fourth-order valence-electron chi connectivity index (χ4n) is 2.84. The van der Waals surface area contributed by atoms with Gasteiger partial charge in [-0.25, -0.2) is 13.4 Å². The van der Waals surface area contributed by atoms with Crippen molar-refractivity contribution in [3.63, 3.8) is 0 Å². The highest BCUT2D eigenvalue weighted by Gasteiger charge is 2.23. The second-order valence-corrected chi connectivity index (χ2v) is 7.95. The molecule has 0 saturated carbocycles. The number of aromatic nitrogens is 2. The topological polar surface area (TPSA) is 64.4 Å². The van der Waals surface area contributed by atoms with Crippen LogP contribution in [0.5, 0.6) is 0 Å². The van der Waals surface area contributed by atoms with Crippen LogP contribution in [0.4, 0.5) is 0 Å². The fourth-order valence-corrected chi connectivity index (χ4v) is 4.14. The summed E-state index contributed by atoms with van der Waals surface area (Å²) in [5.41, 5.74) is 2.28. The van der Waals surface area contributed by atoms with Gasteiger partial charge in [-0.2, -0.15) is 0 Å². The van der Waals surface area contributed by atoms with Crippen LogP contribution in [0.2, 0.25) is 0 Å². The van der Waals surface area contributed by atoms with Crippen LogP contribution in [0.25, 0.3) is 5.69 Å². The third-order valence-electron chi connectivity index (χ3n) is 4.31. The SMILES string of the molecule is CON(CCCCc1ccc(-n2ccnc2)cc1)S(=O)(=O)c1ccccc1. The van der Waals surface area contributed by atoms with Crippen LogP contribution in [0, 0.1) is 0 Å². The number of aryl methyl sites for hydroxylation is 1. The molecular formula is C20H23N3O3S.